The van der Waals surface area contributed by atoms with Gasteiger partial charge in [-0.3, -0.25) is 4.79 Å². The van der Waals surface area contributed by atoms with Crippen LogP contribution < -0.4 is 10.1 Å². The van der Waals surface area contributed by atoms with Crippen molar-refractivity contribution in [2.45, 2.75) is 26.0 Å². The van der Waals surface area contributed by atoms with Gasteiger partial charge >= 0.3 is 5.97 Å². The van der Waals surface area contributed by atoms with Crippen LogP contribution in [0.1, 0.15) is 25.5 Å². The third kappa shape index (κ3) is 6.04. The molecule has 0 saturated carbocycles. The molecule has 26 heavy (non-hydrogen) atoms. The van der Waals surface area contributed by atoms with E-state index in [1.807, 2.05) is 6.07 Å². The minimum atomic E-state index is -0.932. The van der Waals surface area contributed by atoms with Crippen molar-refractivity contribution in [3.8, 4) is 5.75 Å². The Bertz CT molecular complexity index is 766. The van der Waals surface area contributed by atoms with Crippen LogP contribution in [0.5, 0.6) is 5.75 Å². The van der Waals surface area contributed by atoms with E-state index in [1.54, 1.807) is 25.1 Å². The summed E-state index contributed by atoms with van der Waals surface area (Å²) >= 11 is 5.92. The maximum atomic E-state index is 12.8. The molecular formula is C19H19ClFNO4. The second-order valence-corrected chi connectivity index (χ2v) is 6.10. The average molecular weight is 380 g/mol. The normalized spacial score (nSPS) is 12.8. The Balaban J connectivity index is 1.78. The van der Waals surface area contributed by atoms with E-state index >= 15 is 0 Å². The monoisotopic (exact) mass is 379 g/mol. The number of benzene rings is 2. The predicted molar refractivity (Wildman–Crippen MR) is 95.5 cm³/mol. The number of halogens is 2. The highest BCUT2D eigenvalue weighted by molar-refractivity contribution is 6.30. The second-order valence-electron chi connectivity index (χ2n) is 5.67. The number of amides is 1. The number of rotatable bonds is 7. The quantitative estimate of drug-likeness (QED) is 0.745. The van der Waals surface area contributed by atoms with Gasteiger partial charge in [0.15, 0.2) is 12.7 Å². The molecular weight excluding hydrogens is 361 g/mol. The van der Waals surface area contributed by atoms with Gasteiger partial charge in [0.05, 0.1) is 6.04 Å². The van der Waals surface area contributed by atoms with Gasteiger partial charge in [0.2, 0.25) is 0 Å². The molecule has 0 spiro atoms. The standard InChI is InChI=1S/C19H19ClFNO4/c1-12(14-4-3-5-15(20)10-14)22-18(23)11-25-19(24)13(2)26-17-8-6-16(21)7-9-17/h3-10,12-13H,11H2,1-2H3,(H,22,23)/t12-,13-/m0/s1. The van der Waals surface area contributed by atoms with Crippen molar-refractivity contribution in [1.82, 2.24) is 5.32 Å². The summed E-state index contributed by atoms with van der Waals surface area (Å²) in [7, 11) is 0. The van der Waals surface area contributed by atoms with Crippen LogP contribution >= 0.6 is 11.6 Å². The van der Waals surface area contributed by atoms with Gasteiger partial charge in [-0.25, -0.2) is 9.18 Å². The summed E-state index contributed by atoms with van der Waals surface area (Å²) in [6.45, 7) is 2.85. The Morgan fingerprint density at radius 1 is 1.15 bits per heavy atom. The zero-order valence-electron chi connectivity index (χ0n) is 14.4. The van der Waals surface area contributed by atoms with Crippen molar-refractivity contribution >= 4 is 23.5 Å². The predicted octanol–water partition coefficient (Wildman–Crippen LogP) is 3.67. The first-order chi connectivity index (χ1) is 12.3. The van der Waals surface area contributed by atoms with Gasteiger partial charge in [0.25, 0.3) is 5.91 Å². The molecule has 0 aromatic heterocycles. The first kappa shape index (κ1) is 19.7. The summed E-state index contributed by atoms with van der Waals surface area (Å²) in [5.74, 6) is -1.22. The molecule has 5 nitrogen and oxygen atoms in total. The molecule has 1 N–H and O–H groups in total. The second kappa shape index (κ2) is 9.20. The minimum absolute atomic E-state index is 0.284. The highest BCUT2D eigenvalue weighted by Gasteiger charge is 2.18. The summed E-state index contributed by atoms with van der Waals surface area (Å²) in [4.78, 5) is 23.8. The topological polar surface area (TPSA) is 64.6 Å². The van der Waals surface area contributed by atoms with E-state index in [0.29, 0.717) is 10.8 Å². The number of ether oxygens (including phenoxy) is 2. The van der Waals surface area contributed by atoms with Crippen LogP contribution in [0.15, 0.2) is 48.5 Å². The van der Waals surface area contributed by atoms with Crippen molar-refractivity contribution < 1.29 is 23.5 Å². The molecule has 7 heteroatoms. The van der Waals surface area contributed by atoms with Gasteiger partial charge in [-0.2, -0.15) is 0 Å². The summed E-state index contributed by atoms with van der Waals surface area (Å²) in [5, 5.41) is 3.29. The zero-order valence-corrected chi connectivity index (χ0v) is 15.1. The molecule has 2 aromatic rings. The lowest BCUT2D eigenvalue weighted by molar-refractivity contribution is -0.154. The van der Waals surface area contributed by atoms with E-state index in [9.17, 15) is 14.0 Å². The van der Waals surface area contributed by atoms with Crippen LogP contribution in [-0.4, -0.2) is 24.6 Å². The molecule has 0 radical (unpaired) electrons. The Morgan fingerprint density at radius 2 is 1.85 bits per heavy atom. The fourth-order valence-corrected chi connectivity index (χ4v) is 2.36. The van der Waals surface area contributed by atoms with Crippen LogP contribution in [0.4, 0.5) is 4.39 Å². The highest BCUT2D eigenvalue weighted by atomic mass is 35.5. The fourth-order valence-electron chi connectivity index (χ4n) is 2.16. The summed E-state index contributed by atoms with van der Waals surface area (Å²) in [6.07, 6.45) is -0.932. The van der Waals surface area contributed by atoms with Gasteiger partial charge in [0.1, 0.15) is 11.6 Å². The molecule has 138 valence electrons. The molecule has 0 unspecified atom stereocenters. The van der Waals surface area contributed by atoms with E-state index in [1.165, 1.54) is 31.2 Å². The first-order valence-electron chi connectivity index (χ1n) is 7.99. The average Bonchev–Trinajstić information content (AvgIpc) is 2.61. The molecule has 2 rings (SSSR count). The number of carbonyl (C=O) groups excluding carboxylic acids is 2. The van der Waals surface area contributed by atoms with Crippen LogP contribution in [-0.2, 0) is 14.3 Å². The number of hydrogen-bond donors (Lipinski definition) is 1. The third-order valence-corrected chi connectivity index (χ3v) is 3.77. The van der Waals surface area contributed by atoms with Gasteiger partial charge in [-0.15, -0.1) is 0 Å². The van der Waals surface area contributed by atoms with Gasteiger partial charge < -0.3 is 14.8 Å². The summed E-state index contributed by atoms with van der Waals surface area (Å²) in [5.41, 5.74) is 0.838. The Kier molecular flexibility index (Phi) is 6.97. The fraction of sp³-hybridized carbons (Fsp3) is 0.263. The number of hydrogen-bond acceptors (Lipinski definition) is 4. The van der Waals surface area contributed by atoms with E-state index in [2.05, 4.69) is 5.32 Å². The molecule has 0 heterocycles. The third-order valence-electron chi connectivity index (χ3n) is 3.53. The van der Waals surface area contributed by atoms with Gasteiger partial charge in [-0.05, 0) is 55.8 Å². The van der Waals surface area contributed by atoms with Gasteiger partial charge in [0, 0.05) is 5.02 Å². The smallest absolute Gasteiger partial charge is 0.347 e. The van der Waals surface area contributed by atoms with Crippen LogP contribution in [0.3, 0.4) is 0 Å². The van der Waals surface area contributed by atoms with E-state index in [4.69, 9.17) is 21.1 Å². The minimum Gasteiger partial charge on any atom is -0.479 e. The van der Waals surface area contributed by atoms with Crippen molar-refractivity contribution in [1.29, 1.82) is 0 Å². The van der Waals surface area contributed by atoms with Crippen LogP contribution in [0.25, 0.3) is 0 Å². The number of carbonyl (C=O) groups is 2. The molecule has 0 aliphatic carbocycles. The van der Waals surface area contributed by atoms with Gasteiger partial charge in [-0.1, -0.05) is 23.7 Å². The highest BCUT2D eigenvalue weighted by Crippen LogP contribution is 2.17. The molecule has 0 saturated heterocycles. The molecule has 2 atom stereocenters. The van der Waals surface area contributed by atoms with Crippen molar-refractivity contribution in [2.24, 2.45) is 0 Å². The van der Waals surface area contributed by atoms with Crippen LogP contribution in [0, 0.1) is 5.82 Å². The SMILES string of the molecule is C[C@H](Oc1ccc(F)cc1)C(=O)OCC(=O)N[C@@H](C)c1cccc(Cl)c1. The van der Waals surface area contributed by atoms with Crippen molar-refractivity contribution in [3.63, 3.8) is 0 Å². The van der Waals surface area contributed by atoms with Crippen molar-refractivity contribution in [3.05, 3.63) is 64.9 Å². The Hall–Kier alpha value is -2.60. The van der Waals surface area contributed by atoms with Crippen LogP contribution in [0.2, 0.25) is 5.02 Å². The maximum absolute atomic E-state index is 12.8. The lowest BCUT2D eigenvalue weighted by Gasteiger charge is -2.16. The molecule has 2 aromatic carbocycles. The molecule has 0 fully saturated rings. The molecule has 0 aliphatic rings. The zero-order chi connectivity index (χ0) is 19.1. The molecule has 1 amide bonds. The maximum Gasteiger partial charge on any atom is 0.347 e. The molecule has 0 aliphatic heterocycles. The van der Waals surface area contributed by atoms with E-state index in [0.717, 1.165) is 5.56 Å². The lowest BCUT2D eigenvalue weighted by Crippen LogP contribution is -2.34. The summed E-state index contributed by atoms with van der Waals surface area (Å²) in [6, 6.07) is 12.1. The largest absolute Gasteiger partial charge is 0.479 e. The number of esters is 1. The number of nitrogens with one attached hydrogen (secondary N) is 1. The lowest BCUT2D eigenvalue weighted by atomic mass is 10.1. The van der Waals surface area contributed by atoms with E-state index in [-0.39, 0.29) is 6.04 Å². The van der Waals surface area contributed by atoms with Crippen molar-refractivity contribution in [2.75, 3.05) is 6.61 Å². The summed E-state index contributed by atoms with van der Waals surface area (Å²) < 4.78 is 23.1. The Morgan fingerprint density at radius 3 is 2.50 bits per heavy atom. The molecule has 0 bridgehead atoms. The first-order valence-corrected chi connectivity index (χ1v) is 8.36. The Labute approximate surface area is 156 Å². The van der Waals surface area contributed by atoms with E-state index < -0.39 is 30.4 Å².